The first kappa shape index (κ1) is 11.9. The second-order valence-corrected chi connectivity index (χ2v) is 3.71. The maximum Gasteiger partial charge on any atom is 0.310 e. The molecular formula is C9H10BrNO4. The summed E-state index contributed by atoms with van der Waals surface area (Å²) in [6.45, 7) is 0.260. The standard InChI is InChI=1S/C9H10BrNO4/c10-7-2-3-8(11(13)14)9(6-7)15-5-1-4-12/h2-3,6,12H,1,4-5H2. The zero-order valence-electron chi connectivity index (χ0n) is 7.85. The molecule has 82 valence electrons. The van der Waals surface area contributed by atoms with Crippen LogP contribution >= 0.6 is 15.9 Å². The van der Waals surface area contributed by atoms with E-state index in [1.165, 1.54) is 12.1 Å². The van der Waals surface area contributed by atoms with Crippen LogP contribution in [-0.4, -0.2) is 23.2 Å². The maximum absolute atomic E-state index is 10.6. The minimum Gasteiger partial charge on any atom is -0.487 e. The zero-order chi connectivity index (χ0) is 11.3. The van der Waals surface area contributed by atoms with E-state index in [1.54, 1.807) is 6.07 Å². The molecule has 0 atom stereocenters. The summed E-state index contributed by atoms with van der Waals surface area (Å²) >= 11 is 3.20. The second kappa shape index (κ2) is 5.67. The van der Waals surface area contributed by atoms with Gasteiger partial charge >= 0.3 is 5.69 Å². The lowest BCUT2D eigenvalue weighted by Crippen LogP contribution is -2.02. The molecule has 0 heterocycles. The first-order valence-corrected chi connectivity index (χ1v) is 5.12. The summed E-state index contributed by atoms with van der Waals surface area (Å²) in [4.78, 5) is 10.1. The van der Waals surface area contributed by atoms with Gasteiger partial charge < -0.3 is 9.84 Å². The Bertz CT molecular complexity index is 356. The molecule has 0 unspecified atom stereocenters. The number of ether oxygens (including phenoxy) is 1. The molecule has 0 saturated heterocycles. The van der Waals surface area contributed by atoms with Crippen LogP contribution in [0.5, 0.6) is 5.75 Å². The molecule has 0 aliphatic carbocycles. The van der Waals surface area contributed by atoms with Crippen molar-refractivity contribution in [2.75, 3.05) is 13.2 Å². The highest BCUT2D eigenvalue weighted by molar-refractivity contribution is 9.10. The Morgan fingerprint density at radius 1 is 1.53 bits per heavy atom. The van der Waals surface area contributed by atoms with Gasteiger partial charge in [-0.05, 0) is 6.07 Å². The minimum absolute atomic E-state index is 0.00179. The van der Waals surface area contributed by atoms with E-state index in [1.807, 2.05) is 0 Å². The maximum atomic E-state index is 10.6. The monoisotopic (exact) mass is 275 g/mol. The van der Waals surface area contributed by atoms with Crippen molar-refractivity contribution in [3.05, 3.63) is 32.8 Å². The Morgan fingerprint density at radius 3 is 2.87 bits per heavy atom. The summed E-state index contributed by atoms with van der Waals surface area (Å²) in [6, 6.07) is 4.49. The van der Waals surface area contributed by atoms with Crippen LogP contribution in [0.25, 0.3) is 0 Å². The molecule has 5 nitrogen and oxygen atoms in total. The third-order valence-electron chi connectivity index (χ3n) is 1.68. The fourth-order valence-electron chi connectivity index (χ4n) is 1.00. The van der Waals surface area contributed by atoms with Gasteiger partial charge in [-0.3, -0.25) is 10.1 Å². The SMILES string of the molecule is O=[N+]([O-])c1ccc(Br)cc1OCCCO. The van der Waals surface area contributed by atoms with E-state index in [-0.39, 0.29) is 24.7 Å². The number of aliphatic hydroxyl groups excluding tert-OH is 1. The molecule has 1 aromatic carbocycles. The van der Waals surface area contributed by atoms with Crippen LogP contribution in [0.2, 0.25) is 0 Å². The van der Waals surface area contributed by atoms with Crippen molar-refractivity contribution in [3.8, 4) is 5.75 Å². The van der Waals surface area contributed by atoms with Gasteiger partial charge in [0.25, 0.3) is 0 Å². The van der Waals surface area contributed by atoms with E-state index in [4.69, 9.17) is 9.84 Å². The lowest BCUT2D eigenvalue weighted by atomic mass is 10.3. The highest BCUT2D eigenvalue weighted by atomic mass is 79.9. The van der Waals surface area contributed by atoms with Crippen LogP contribution in [-0.2, 0) is 0 Å². The first-order valence-electron chi connectivity index (χ1n) is 4.32. The van der Waals surface area contributed by atoms with E-state index in [9.17, 15) is 10.1 Å². The van der Waals surface area contributed by atoms with E-state index in [2.05, 4.69) is 15.9 Å². The van der Waals surface area contributed by atoms with E-state index < -0.39 is 4.92 Å². The van der Waals surface area contributed by atoms with Gasteiger partial charge in [-0.1, -0.05) is 15.9 Å². The average Bonchev–Trinajstić information content (AvgIpc) is 2.18. The van der Waals surface area contributed by atoms with Crippen molar-refractivity contribution in [1.82, 2.24) is 0 Å². The van der Waals surface area contributed by atoms with E-state index in [0.717, 1.165) is 0 Å². The van der Waals surface area contributed by atoms with Crippen LogP contribution in [0.3, 0.4) is 0 Å². The number of nitro groups is 1. The Labute approximate surface area is 95.0 Å². The Kier molecular flexibility index (Phi) is 4.51. The molecule has 0 amide bonds. The van der Waals surface area contributed by atoms with Crippen molar-refractivity contribution in [1.29, 1.82) is 0 Å². The molecule has 1 N–H and O–H groups in total. The molecule has 0 radical (unpaired) electrons. The number of hydrogen-bond donors (Lipinski definition) is 1. The van der Waals surface area contributed by atoms with Crippen LogP contribution in [0.1, 0.15) is 6.42 Å². The molecule has 0 aromatic heterocycles. The van der Waals surface area contributed by atoms with E-state index >= 15 is 0 Å². The summed E-state index contributed by atoms with van der Waals surface area (Å²) < 4.78 is 5.90. The summed E-state index contributed by atoms with van der Waals surface area (Å²) in [5, 5.41) is 19.2. The van der Waals surface area contributed by atoms with Gasteiger partial charge in [-0.15, -0.1) is 0 Å². The third-order valence-corrected chi connectivity index (χ3v) is 2.17. The van der Waals surface area contributed by atoms with Crippen LogP contribution in [0.15, 0.2) is 22.7 Å². The Balaban J connectivity index is 2.82. The van der Waals surface area contributed by atoms with Gasteiger partial charge in [0.1, 0.15) is 0 Å². The number of nitrogens with zero attached hydrogens (tertiary/aromatic N) is 1. The van der Waals surface area contributed by atoms with Crippen LogP contribution in [0, 0.1) is 10.1 Å². The van der Waals surface area contributed by atoms with Gasteiger partial charge in [-0.25, -0.2) is 0 Å². The van der Waals surface area contributed by atoms with Crippen LogP contribution < -0.4 is 4.74 Å². The fourth-order valence-corrected chi connectivity index (χ4v) is 1.34. The Morgan fingerprint density at radius 2 is 2.27 bits per heavy atom. The molecule has 15 heavy (non-hydrogen) atoms. The third kappa shape index (κ3) is 3.49. The smallest absolute Gasteiger partial charge is 0.310 e. The van der Waals surface area contributed by atoms with Crippen LogP contribution in [0.4, 0.5) is 5.69 Å². The molecule has 1 rings (SSSR count). The number of rotatable bonds is 5. The topological polar surface area (TPSA) is 72.6 Å². The van der Waals surface area contributed by atoms with Crippen molar-refractivity contribution >= 4 is 21.6 Å². The van der Waals surface area contributed by atoms with Crippen molar-refractivity contribution in [2.45, 2.75) is 6.42 Å². The van der Waals surface area contributed by atoms with Crippen molar-refractivity contribution < 1.29 is 14.8 Å². The summed E-state index contributed by atoms with van der Waals surface area (Å²) in [5.74, 6) is 0.211. The molecule has 0 bridgehead atoms. The molecule has 0 aliphatic rings. The average molecular weight is 276 g/mol. The molecule has 1 aromatic rings. The van der Waals surface area contributed by atoms with Gasteiger partial charge in [-0.2, -0.15) is 0 Å². The van der Waals surface area contributed by atoms with Gasteiger partial charge in [0.2, 0.25) is 0 Å². The summed E-state index contributed by atoms with van der Waals surface area (Å²) in [5.41, 5.74) is -0.0730. The van der Waals surface area contributed by atoms with Gasteiger partial charge in [0.05, 0.1) is 11.5 Å². The second-order valence-electron chi connectivity index (χ2n) is 2.79. The zero-order valence-corrected chi connectivity index (χ0v) is 9.44. The number of halogens is 1. The van der Waals surface area contributed by atoms with Gasteiger partial charge in [0, 0.05) is 29.6 Å². The summed E-state index contributed by atoms with van der Waals surface area (Å²) in [7, 11) is 0. The molecular weight excluding hydrogens is 266 g/mol. The van der Waals surface area contributed by atoms with E-state index in [0.29, 0.717) is 10.9 Å². The van der Waals surface area contributed by atoms with Crippen molar-refractivity contribution in [3.63, 3.8) is 0 Å². The fraction of sp³-hybridized carbons (Fsp3) is 0.333. The predicted octanol–water partition coefficient (Wildman–Crippen LogP) is 2.12. The lowest BCUT2D eigenvalue weighted by molar-refractivity contribution is -0.385. The lowest BCUT2D eigenvalue weighted by Gasteiger charge is -2.05. The number of benzene rings is 1. The molecule has 0 saturated carbocycles. The predicted molar refractivity (Wildman–Crippen MR) is 58.0 cm³/mol. The quantitative estimate of drug-likeness (QED) is 0.508. The Hall–Kier alpha value is -1.14. The normalized spacial score (nSPS) is 10.0. The highest BCUT2D eigenvalue weighted by Gasteiger charge is 2.14. The molecule has 0 spiro atoms. The number of nitro benzene ring substituents is 1. The first-order chi connectivity index (χ1) is 7.15. The molecule has 0 fully saturated rings. The van der Waals surface area contributed by atoms with Gasteiger partial charge in [0.15, 0.2) is 5.75 Å². The largest absolute Gasteiger partial charge is 0.487 e. The number of hydrogen-bond acceptors (Lipinski definition) is 4. The summed E-state index contributed by atoms with van der Waals surface area (Å²) in [6.07, 6.45) is 0.448. The van der Waals surface area contributed by atoms with Crippen molar-refractivity contribution in [2.24, 2.45) is 0 Å². The number of aliphatic hydroxyl groups is 1. The highest BCUT2D eigenvalue weighted by Crippen LogP contribution is 2.30. The molecule has 6 heteroatoms. The molecule has 0 aliphatic heterocycles. The minimum atomic E-state index is -0.499.